The van der Waals surface area contributed by atoms with E-state index in [9.17, 15) is 4.79 Å². The van der Waals surface area contributed by atoms with Crippen LogP contribution in [0, 0.1) is 0 Å². The van der Waals surface area contributed by atoms with E-state index in [-0.39, 0.29) is 6.61 Å². The third-order valence-electron chi connectivity index (χ3n) is 0.861. The predicted octanol–water partition coefficient (Wildman–Crippen LogP) is -0.156. The maximum Gasteiger partial charge on any atom is 0.437 e. The first-order chi connectivity index (χ1) is 5.34. The molecule has 58 valence electrons. The van der Waals surface area contributed by atoms with Crippen molar-refractivity contribution in [3.05, 3.63) is 19.0 Å². The van der Waals surface area contributed by atoms with Crippen molar-refractivity contribution in [2.45, 2.75) is 0 Å². The van der Waals surface area contributed by atoms with Gasteiger partial charge in [0.2, 0.25) is 0 Å². The molecule has 0 aliphatic carbocycles. The Morgan fingerprint density at radius 1 is 1.82 bits per heavy atom. The summed E-state index contributed by atoms with van der Waals surface area (Å²) >= 11 is 0. The van der Waals surface area contributed by atoms with E-state index >= 15 is 0 Å². The van der Waals surface area contributed by atoms with Crippen molar-refractivity contribution in [1.82, 2.24) is 20.2 Å². The molecular formula is C5H6N4O2. The predicted molar refractivity (Wildman–Crippen MR) is 34.8 cm³/mol. The summed E-state index contributed by atoms with van der Waals surface area (Å²) < 4.78 is 5.49. The highest BCUT2D eigenvalue weighted by atomic mass is 16.6. The molecule has 0 bridgehead atoms. The SMILES string of the molecule is C=CCOC(=O)n1cnnn1. The van der Waals surface area contributed by atoms with Crippen molar-refractivity contribution in [1.29, 1.82) is 0 Å². The van der Waals surface area contributed by atoms with Gasteiger partial charge in [-0.25, -0.2) is 4.79 Å². The molecule has 0 radical (unpaired) electrons. The lowest BCUT2D eigenvalue weighted by molar-refractivity contribution is 0.156. The molecule has 6 nitrogen and oxygen atoms in total. The second-order valence-electron chi connectivity index (χ2n) is 1.62. The van der Waals surface area contributed by atoms with E-state index < -0.39 is 6.09 Å². The van der Waals surface area contributed by atoms with Gasteiger partial charge in [-0.2, -0.15) is 0 Å². The standard InChI is InChI=1S/C5H6N4O2/c1-2-3-11-5(10)9-4-6-7-8-9/h2,4H,1,3H2. The molecule has 0 unspecified atom stereocenters. The van der Waals surface area contributed by atoms with Crippen LogP contribution in [0.15, 0.2) is 19.0 Å². The second-order valence-corrected chi connectivity index (χ2v) is 1.62. The van der Waals surface area contributed by atoms with Gasteiger partial charge in [0, 0.05) is 0 Å². The summed E-state index contributed by atoms with van der Waals surface area (Å²) in [6, 6.07) is 0. The van der Waals surface area contributed by atoms with Gasteiger partial charge in [0.25, 0.3) is 0 Å². The normalized spacial score (nSPS) is 9.09. The Bertz CT molecular complexity index is 243. The monoisotopic (exact) mass is 154 g/mol. The Balaban J connectivity index is 2.49. The zero-order chi connectivity index (χ0) is 8.10. The molecular weight excluding hydrogens is 148 g/mol. The number of tetrazole rings is 1. The van der Waals surface area contributed by atoms with Crippen molar-refractivity contribution in [3.63, 3.8) is 0 Å². The summed E-state index contributed by atoms with van der Waals surface area (Å²) in [5, 5.41) is 9.83. The molecule has 0 atom stereocenters. The lowest BCUT2D eigenvalue weighted by Crippen LogP contribution is -2.14. The molecule has 0 amide bonds. The summed E-state index contributed by atoms with van der Waals surface area (Å²) in [5.41, 5.74) is 0. The average Bonchev–Trinajstić information content (AvgIpc) is 2.52. The number of nitrogens with zero attached hydrogens (tertiary/aromatic N) is 4. The van der Waals surface area contributed by atoms with Crippen molar-refractivity contribution in [2.24, 2.45) is 0 Å². The number of hydrogen-bond donors (Lipinski definition) is 0. The van der Waals surface area contributed by atoms with Crippen LogP contribution in [0.2, 0.25) is 0 Å². The van der Waals surface area contributed by atoms with E-state index in [0.717, 1.165) is 11.0 Å². The largest absolute Gasteiger partial charge is 0.444 e. The minimum Gasteiger partial charge on any atom is -0.444 e. The van der Waals surface area contributed by atoms with Gasteiger partial charge in [-0.15, -0.1) is 9.78 Å². The Kier molecular flexibility index (Phi) is 2.32. The Morgan fingerprint density at radius 3 is 3.18 bits per heavy atom. The van der Waals surface area contributed by atoms with E-state index in [1.807, 2.05) is 0 Å². The first kappa shape index (κ1) is 7.39. The molecule has 0 saturated carbocycles. The number of carbonyl (C=O) groups excluding carboxylic acids is 1. The fraction of sp³-hybridized carbons (Fsp3) is 0.200. The highest BCUT2D eigenvalue weighted by Gasteiger charge is 2.04. The third-order valence-corrected chi connectivity index (χ3v) is 0.861. The van der Waals surface area contributed by atoms with Crippen molar-refractivity contribution >= 4 is 6.09 Å². The van der Waals surface area contributed by atoms with Gasteiger partial charge in [0.1, 0.15) is 6.61 Å². The molecule has 1 heterocycles. The number of hydrogen-bond acceptors (Lipinski definition) is 5. The van der Waals surface area contributed by atoms with Crippen LogP contribution in [0.3, 0.4) is 0 Å². The lowest BCUT2D eigenvalue weighted by atomic mass is 10.7. The summed E-state index contributed by atoms with van der Waals surface area (Å²) in [7, 11) is 0. The molecule has 0 aromatic carbocycles. The topological polar surface area (TPSA) is 69.9 Å². The van der Waals surface area contributed by atoms with Crippen LogP contribution < -0.4 is 0 Å². The maximum atomic E-state index is 10.8. The van der Waals surface area contributed by atoms with Gasteiger partial charge in [0.05, 0.1) is 0 Å². The van der Waals surface area contributed by atoms with Crippen molar-refractivity contribution in [2.75, 3.05) is 6.61 Å². The quantitative estimate of drug-likeness (QED) is 0.437. The minimum atomic E-state index is -0.616. The van der Waals surface area contributed by atoms with Gasteiger partial charge in [0.15, 0.2) is 6.33 Å². The van der Waals surface area contributed by atoms with E-state index in [2.05, 4.69) is 26.8 Å². The van der Waals surface area contributed by atoms with E-state index in [1.54, 1.807) is 0 Å². The highest BCUT2D eigenvalue weighted by molar-refractivity contribution is 5.68. The van der Waals surface area contributed by atoms with Crippen molar-refractivity contribution in [3.8, 4) is 0 Å². The van der Waals surface area contributed by atoms with Crippen LogP contribution in [0.4, 0.5) is 4.79 Å². The van der Waals surface area contributed by atoms with Crippen LogP contribution in [-0.2, 0) is 4.74 Å². The Hall–Kier alpha value is -1.72. The van der Waals surface area contributed by atoms with Crippen molar-refractivity contribution < 1.29 is 9.53 Å². The summed E-state index contributed by atoms with van der Waals surface area (Å²) in [5.74, 6) is 0. The highest BCUT2D eigenvalue weighted by Crippen LogP contribution is 1.83. The van der Waals surface area contributed by atoms with Gasteiger partial charge >= 0.3 is 6.09 Å². The van der Waals surface area contributed by atoms with Crippen LogP contribution >= 0.6 is 0 Å². The first-order valence-electron chi connectivity index (χ1n) is 2.85. The van der Waals surface area contributed by atoms with Crippen LogP contribution in [0.5, 0.6) is 0 Å². The maximum absolute atomic E-state index is 10.8. The molecule has 0 fully saturated rings. The molecule has 1 aromatic rings. The zero-order valence-electron chi connectivity index (χ0n) is 5.67. The fourth-order valence-electron chi connectivity index (χ4n) is 0.441. The second kappa shape index (κ2) is 3.45. The summed E-state index contributed by atoms with van der Waals surface area (Å²) in [4.78, 5) is 10.8. The van der Waals surface area contributed by atoms with Crippen LogP contribution in [0.1, 0.15) is 0 Å². The minimum absolute atomic E-state index is 0.151. The van der Waals surface area contributed by atoms with E-state index in [4.69, 9.17) is 0 Å². The molecule has 1 rings (SSSR count). The zero-order valence-corrected chi connectivity index (χ0v) is 5.67. The van der Waals surface area contributed by atoms with Gasteiger partial charge in [-0.3, -0.25) is 0 Å². The molecule has 0 aliphatic rings. The molecule has 0 saturated heterocycles. The molecule has 11 heavy (non-hydrogen) atoms. The van der Waals surface area contributed by atoms with Crippen LogP contribution in [-0.4, -0.2) is 32.9 Å². The molecule has 1 aromatic heterocycles. The third kappa shape index (κ3) is 1.85. The smallest absolute Gasteiger partial charge is 0.437 e. The number of rotatable bonds is 2. The van der Waals surface area contributed by atoms with Gasteiger partial charge in [-0.05, 0) is 10.4 Å². The lowest BCUT2D eigenvalue weighted by Gasteiger charge is -1.96. The van der Waals surface area contributed by atoms with E-state index in [0.29, 0.717) is 0 Å². The number of carbonyl (C=O) groups is 1. The van der Waals surface area contributed by atoms with E-state index in [1.165, 1.54) is 6.08 Å². The molecule has 0 aliphatic heterocycles. The molecule has 0 spiro atoms. The molecule has 0 N–H and O–H groups in total. The number of aromatic nitrogens is 4. The summed E-state index contributed by atoms with van der Waals surface area (Å²) in [6.45, 7) is 3.53. The average molecular weight is 154 g/mol. The first-order valence-corrected chi connectivity index (χ1v) is 2.85. The fourth-order valence-corrected chi connectivity index (χ4v) is 0.441. The Morgan fingerprint density at radius 2 is 2.64 bits per heavy atom. The summed E-state index contributed by atoms with van der Waals surface area (Å²) in [6.07, 6.45) is 2.00. The Labute approximate surface area is 62.5 Å². The number of ether oxygens (including phenoxy) is 1. The van der Waals surface area contributed by atoms with Gasteiger partial charge < -0.3 is 4.74 Å². The van der Waals surface area contributed by atoms with Gasteiger partial charge in [-0.1, -0.05) is 12.7 Å². The van der Waals surface area contributed by atoms with Crippen LogP contribution in [0.25, 0.3) is 0 Å². The molecule has 6 heteroatoms.